The topological polar surface area (TPSA) is 127 Å². The van der Waals surface area contributed by atoms with Crippen molar-refractivity contribution < 1.29 is 20.1 Å². The summed E-state index contributed by atoms with van der Waals surface area (Å²) in [5.41, 5.74) is -0.702. The molecule has 1 aliphatic heterocycles. The van der Waals surface area contributed by atoms with Gasteiger partial charge < -0.3 is 20.1 Å². The van der Waals surface area contributed by atoms with Crippen LogP contribution in [-0.4, -0.2) is 54.4 Å². The first-order valence-corrected chi connectivity index (χ1v) is 7.37. The van der Waals surface area contributed by atoms with Gasteiger partial charge >= 0.3 is 5.69 Å². The zero-order valence-electron chi connectivity index (χ0n) is 12.6. The Morgan fingerprint density at radius 2 is 1.96 bits per heavy atom. The Bertz CT molecular complexity index is 818. The zero-order valence-corrected chi connectivity index (χ0v) is 12.6. The Morgan fingerprint density at radius 1 is 1.17 bits per heavy atom. The predicted molar refractivity (Wildman–Crippen MR) is 81.3 cm³/mol. The summed E-state index contributed by atoms with van der Waals surface area (Å²) in [6, 6.07) is 6.30. The van der Waals surface area contributed by atoms with Gasteiger partial charge in [-0.05, 0) is 12.1 Å². The maximum Gasteiger partial charge on any atom is 0.333 e. The molecule has 0 radical (unpaired) electrons. The lowest BCUT2D eigenvalue weighted by atomic mass is 10.1. The molecule has 1 fully saturated rings. The molecule has 24 heavy (non-hydrogen) atoms. The average Bonchev–Trinajstić information content (AvgIpc) is 2.88. The van der Waals surface area contributed by atoms with Crippen LogP contribution in [0.15, 0.2) is 46.2 Å². The van der Waals surface area contributed by atoms with Gasteiger partial charge in [-0.25, -0.2) is 4.79 Å². The number of rotatable bonds is 4. The van der Waals surface area contributed by atoms with Gasteiger partial charge in [-0.15, -0.1) is 0 Å². The Labute approximate surface area is 136 Å². The van der Waals surface area contributed by atoms with Crippen LogP contribution < -0.4 is 11.2 Å². The fourth-order valence-electron chi connectivity index (χ4n) is 2.63. The van der Waals surface area contributed by atoms with Crippen molar-refractivity contribution in [2.75, 3.05) is 6.61 Å². The van der Waals surface area contributed by atoms with E-state index in [-0.39, 0.29) is 6.54 Å². The molecule has 4 atom stereocenters. The predicted octanol–water partition coefficient (Wildman–Crippen LogP) is -1.94. The standard InChI is InChI=1S/C15H17N3O6/c19-8-10-12(21)13(22)14(24-10)17-6-4-11(20)18(15(17)23)7-9-3-1-2-5-16-9/h1-6,10,12-14,19,21-22H,7-8H2/t10?,12?,13-,14?/m0/s1. The molecule has 0 bridgehead atoms. The summed E-state index contributed by atoms with van der Waals surface area (Å²) in [5, 5.41) is 29.0. The smallest absolute Gasteiger partial charge is 0.333 e. The third-order valence-electron chi connectivity index (χ3n) is 3.93. The number of ether oxygens (including phenoxy) is 1. The van der Waals surface area contributed by atoms with Crippen LogP contribution in [0.1, 0.15) is 11.9 Å². The van der Waals surface area contributed by atoms with Crippen LogP contribution in [0.2, 0.25) is 0 Å². The number of hydrogen-bond acceptors (Lipinski definition) is 7. The summed E-state index contributed by atoms with van der Waals surface area (Å²) in [6.45, 7) is -0.537. The van der Waals surface area contributed by atoms with Gasteiger partial charge in [0.05, 0.1) is 18.8 Å². The van der Waals surface area contributed by atoms with Crippen LogP contribution in [-0.2, 0) is 11.3 Å². The van der Waals surface area contributed by atoms with Crippen LogP contribution >= 0.6 is 0 Å². The number of pyridine rings is 1. The molecule has 0 aromatic carbocycles. The largest absolute Gasteiger partial charge is 0.394 e. The van der Waals surface area contributed by atoms with Gasteiger partial charge in [0, 0.05) is 18.5 Å². The molecule has 2 aromatic heterocycles. The molecule has 0 spiro atoms. The lowest BCUT2D eigenvalue weighted by Gasteiger charge is -2.18. The molecule has 9 nitrogen and oxygen atoms in total. The second-order valence-electron chi connectivity index (χ2n) is 5.48. The third kappa shape index (κ3) is 2.89. The van der Waals surface area contributed by atoms with Crippen LogP contribution in [0, 0.1) is 0 Å². The summed E-state index contributed by atoms with van der Waals surface area (Å²) in [7, 11) is 0. The number of aromatic nitrogens is 3. The Morgan fingerprint density at radius 3 is 2.58 bits per heavy atom. The van der Waals surface area contributed by atoms with E-state index in [1.54, 1.807) is 24.4 Å². The summed E-state index contributed by atoms with van der Waals surface area (Å²) >= 11 is 0. The van der Waals surface area contributed by atoms with E-state index in [0.717, 1.165) is 9.13 Å². The highest BCUT2D eigenvalue weighted by Crippen LogP contribution is 2.27. The first kappa shape index (κ1) is 16.5. The van der Waals surface area contributed by atoms with Crippen molar-refractivity contribution in [2.45, 2.75) is 31.1 Å². The summed E-state index contributed by atoms with van der Waals surface area (Å²) in [6.07, 6.45) is -2.19. The molecule has 1 saturated heterocycles. The molecular weight excluding hydrogens is 318 g/mol. The molecule has 3 rings (SSSR count). The van der Waals surface area contributed by atoms with E-state index in [9.17, 15) is 19.8 Å². The van der Waals surface area contributed by atoms with E-state index in [1.165, 1.54) is 12.3 Å². The Balaban J connectivity index is 1.98. The average molecular weight is 335 g/mol. The van der Waals surface area contributed by atoms with E-state index < -0.39 is 42.4 Å². The lowest BCUT2D eigenvalue weighted by molar-refractivity contribution is -0.0555. The minimum atomic E-state index is -1.40. The fraction of sp³-hybridized carbons (Fsp3) is 0.400. The molecule has 2 aromatic rings. The Hall–Kier alpha value is -2.33. The second-order valence-corrected chi connectivity index (χ2v) is 5.48. The summed E-state index contributed by atoms with van der Waals surface area (Å²) in [5.74, 6) is 0. The maximum atomic E-state index is 12.6. The van der Waals surface area contributed by atoms with Crippen molar-refractivity contribution in [3.63, 3.8) is 0 Å². The zero-order chi connectivity index (χ0) is 17.3. The molecule has 0 amide bonds. The van der Waals surface area contributed by atoms with E-state index in [1.807, 2.05) is 0 Å². The van der Waals surface area contributed by atoms with Crippen LogP contribution in [0.25, 0.3) is 0 Å². The van der Waals surface area contributed by atoms with Crippen molar-refractivity contribution in [3.8, 4) is 0 Å². The summed E-state index contributed by atoms with van der Waals surface area (Å²) < 4.78 is 7.31. The van der Waals surface area contributed by atoms with Gasteiger partial charge in [-0.3, -0.25) is 18.9 Å². The van der Waals surface area contributed by atoms with Crippen molar-refractivity contribution in [1.29, 1.82) is 0 Å². The van der Waals surface area contributed by atoms with E-state index in [4.69, 9.17) is 9.84 Å². The number of aliphatic hydroxyl groups excluding tert-OH is 3. The van der Waals surface area contributed by atoms with Crippen LogP contribution in [0.4, 0.5) is 0 Å². The molecule has 128 valence electrons. The first-order valence-electron chi connectivity index (χ1n) is 7.37. The van der Waals surface area contributed by atoms with Crippen molar-refractivity contribution in [2.24, 2.45) is 0 Å². The molecule has 3 N–H and O–H groups in total. The number of nitrogens with zero attached hydrogens (tertiary/aromatic N) is 3. The molecule has 0 saturated carbocycles. The monoisotopic (exact) mass is 335 g/mol. The van der Waals surface area contributed by atoms with Gasteiger partial charge in [0.25, 0.3) is 5.56 Å². The van der Waals surface area contributed by atoms with E-state index in [0.29, 0.717) is 5.69 Å². The molecule has 1 aliphatic rings. The van der Waals surface area contributed by atoms with Gasteiger partial charge in [0.1, 0.15) is 18.3 Å². The van der Waals surface area contributed by atoms with Crippen molar-refractivity contribution >= 4 is 0 Å². The third-order valence-corrected chi connectivity index (χ3v) is 3.93. The molecule has 3 heterocycles. The molecular formula is C15H17N3O6. The highest BCUT2D eigenvalue weighted by atomic mass is 16.6. The second kappa shape index (κ2) is 6.65. The quantitative estimate of drug-likeness (QED) is 0.593. The van der Waals surface area contributed by atoms with Crippen molar-refractivity contribution in [3.05, 3.63) is 63.2 Å². The maximum absolute atomic E-state index is 12.6. The van der Waals surface area contributed by atoms with Gasteiger partial charge in [0.2, 0.25) is 0 Å². The van der Waals surface area contributed by atoms with E-state index >= 15 is 0 Å². The highest BCUT2D eigenvalue weighted by molar-refractivity contribution is 5.05. The molecule has 3 unspecified atom stereocenters. The van der Waals surface area contributed by atoms with Gasteiger partial charge in [-0.2, -0.15) is 0 Å². The van der Waals surface area contributed by atoms with Crippen molar-refractivity contribution in [1.82, 2.24) is 14.1 Å². The fourth-order valence-corrected chi connectivity index (χ4v) is 2.63. The Kier molecular flexibility index (Phi) is 4.58. The minimum absolute atomic E-state index is 0.0336. The van der Waals surface area contributed by atoms with Crippen LogP contribution in [0.3, 0.4) is 0 Å². The minimum Gasteiger partial charge on any atom is -0.394 e. The molecule has 9 heteroatoms. The first-order chi connectivity index (χ1) is 11.5. The van der Waals surface area contributed by atoms with Gasteiger partial charge in [0.15, 0.2) is 6.23 Å². The summed E-state index contributed by atoms with van der Waals surface area (Å²) in [4.78, 5) is 28.7. The highest BCUT2D eigenvalue weighted by Gasteiger charge is 2.43. The SMILES string of the molecule is O=c1ccn(C2OC(CO)C(O)[C@@H]2O)c(=O)n1Cc1ccccn1. The number of aliphatic hydroxyl groups is 3. The molecule has 0 aliphatic carbocycles. The van der Waals surface area contributed by atoms with Gasteiger partial charge in [-0.1, -0.05) is 6.07 Å². The van der Waals surface area contributed by atoms with Crippen LogP contribution in [0.5, 0.6) is 0 Å². The van der Waals surface area contributed by atoms with E-state index in [2.05, 4.69) is 4.98 Å². The lowest BCUT2D eigenvalue weighted by Crippen LogP contribution is -2.43. The normalized spacial score (nSPS) is 26.6. The number of hydrogen-bond donors (Lipinski definition) is 3.